The highest BCUT2D eigenvalue weighted by Crippen LogP contribution is 2.67. The van der Waals surface area contributed by atoms with Crippen LogP contribution in [0, 0.1) is 102 Å². The van der Waals surface area contributed by atoms with E-state index in [-0.39, 0.29) is 108 Å². The molecule has 0 aromatic heterocycles. The maximum absolute atomic E-state index is 14.8. The fraction of sp³-hybridized carbons (Fsp3) is 0.878. The normalized spacial score (nSPS) is 30.3. The van der Waals surface area contributed by atoms with Gasteiger partial charge in [0.2, 0.25) is 23.4 Å². The van der Waals surface area contributed by atoms with Gasteiger partial charge in [0.1, 0.15) is 11.6 Å². The number of ketones is 8. The number of hydrogen-bond donors (Lipinski definition) is 0. The fourth-order valence-corrected chi connectivity index (χ4v) is 17.1. The molecule has 12 heteroatoms. The summed E-state index contributed by atoms with van der Waals surface area (Å²) in [7, 11) is 0. The van der Waals surface area contributed by atoms with Gasteiger partial charge in [-0.05, 0) is 169 Å². The Morgan fingerprint density at radius 1 is 0.479 bits per heavy atom. The third-order valence-electron chi connectivity index (χ3n) is 23.9. The van der Waals surface area contributed by atoms with E-state index in [1.807, 2.05) is 69.2 Å². The number of fused-ring (bicyclic) bond motifs is 2. The summed E-state index contributed by atoms with van der Waals surface area (Å²) in [5.41, 5.74) is -2.20. The van der Waals surface area contributed by atoms with Crippen molar-refractivity contribution in [3.8, 4) is 0 Å². The van der Waals surface area contributed by atoms with Crippen LogP contribution in [0.1, 0.15) is 354 Å². The minimum Gasteiger partial charge on any atom is -0.332 e. The van der Waals surface area contributed by atoms with E-state index in [0.29, 0.717) is 38.5 Å². The van der Waals surface area contributed by atoms with Crippen molar-refractivity contribution in [1.29, 1.82) is 0 Å². The molecule has 2 amide bonds. The van der Waals surface area contributed by atoms with Gasteiger partial charge in [-0.2, -0.15) is 0 Å². The van der Waals surface area contributed by atoms with Gasteiger partial charge in [0.25, 0.3) is 0 Å². The first-order chi connectivity index (χ1) is 50.4. The number of nitrogens with zero attached hydrogens (tertiary/aromatic N) is 2. The lowest BCUT2D eigenvalue weighted by Crippen LogP contribution is -2.51. The van der Waals surface area contributed by atoms with E-state index in [2.05, 4.69) is 41.5 Å². The monoisotopic (exact) mass is 1330 g/mol. The zero-order valence-electron chi connectivity index (χ0n) is 78.7. The second-order valence-corrected chi connectivity index (χ2v) is 36.8. The van der Waals surface area contributed by atoms with Crippen LogP contribution in [0.3, 0.4) is 0 Å². The molecule has 2 heterocycles. The van der Waals surface area contributed by atoms with Crippen molar-refractivity contribution in [1.82, 2.24) is 9.80 Å². The summed E-state index contributed by atoms with van der Waals surface area (Å²) in [6.45, 7) is 25.3. The molecule has 2 saturated heterocycles. The Morgan fingerprint density at radius 2 is 0.809 bits per heavy atom. The van der Waals surface area contributed by atoms with Crippen molar-refractivity contribution in [3.05, 3.63) is 0 Å². The third kappa shape index (κ3) is 20.2. The van der Waals surface area contributed by atoms with Crippen LogP contribution in [0.5, 0.6) is 0 Å². The number of Topliss-reactive ketones (excluding diaryl/α,β-unsaturated/α-hetero) is 8. The summed E-state index contributed by atoms with van der Waals surface area (Å²) in [6.07, 6.45) is -7.47. The summed E-state index contributed by atoms with van der Waals surface area (Å²) in [4.78, 5) is 144. The van der Waals surface area contributed by atoms with E-state index in [1.165, 1.54) is 9.80 Å². The minimum atomic E-state index is -3.85. The highest BCUT2D eigenvalue weighted by Gasteiger charge is 2.71. The molecule has 0 N–H and O–H groups in total. The lowest BCUT2D eigenvalue weighted by molar-refractivity contribution is -0.148. The summed E-state index contributed by atoms with van der Waals surface area (Å²) >= 11 is 0. The molecular formula is C82H134N2O10. The molecule has 8 rings (SSSR count). The Kier molecular flexibility index (Phi) is 18.1. The molecule has 532 valence electrons. The van der Waals surface area contributed by atoms with Crippen LogP contribution in [0.4, 0.5) is 0 Å². The van der Waals surface area contributed by atoms with Crippen molar-refractivity contribution in [2.75, 3.05) is 13.1 Å². The van der Waals surface area contributed by atoms with E-state index in [0.717, 1.165) is 89.9 Å². The summed E-state index contributed by atoms with van der Waals surface area (Å²) in [5.74, 6) is -14.6. The van der Waals surface area contributed by atoms with Gasteiger partial charge in [0.05, 0.1) is 12.1 Å². The predicted octanol–water partition coefficient (Wildman–Crippen LogP) is 17.9. The molecule has 0 unspecified atom stereocenters. The van der Waals surface area contributed by atoms with Gasteiger partial charge in [-0.1, -0.05) is 189 Å². The molecule has 8 fully saturated rings. The Hall–Kier alpha value is -3.70. The first kappa shape index (κ1) is 55.1. The summed E-state index contributed by atoms with van der Waals surface area (Å²) in [6, 6.07) is -2.32. The van der Waals surface area contributed by atoms with Gasteiger partial charge in [-0.15, -0.1) is 0 Å². The molecule has 12 nitrogen and oxygen atoms in total. The fourth-order valence-electron chi connectivity index (χ4n) is 17.1. The second-order valence-electron chi connectivity index (χ2n) is 36.8. The SMILES string of the molecule is [2H]C([2H])([2H])C([2H])([2H])C([2H])([2H])C([2H])([2H])[C@@H](CC(=O)[C@@H]1[C@@H]2[C@H](CN1C(=O)[C@@H](CC(=O)CC1(CCC(C)(C)C)CCCCC1)C(C)(C)C)C2(C)C)C(=O)C(=O)CC1CC1.[2H]C([2H])([2H])C([2H])([2H])C([2H])([2H])C([2H])([2H])[C@H](CC(=O)[C@@H]1[C@@H]2[C@H](CN1C(=O)[C@@H](CC(=O)CC1(CCC(C)(C)C)CCCCC1)C(C)(C)C)C2(C)C)C(=O)C(=O)CC1CC1. The van der Waals surface area contributed by atoms with Crippen molar-refractivity contribution < 1.29 is 72.6 Å². The van der Waals surface area contributed by atoms with E-state index in [1.54, 1.807) is 0 Å². The van der Waals surface area contributed by atoms with Crippen LogP contribution < -0.4 is 0 Å². The highest BCUT2D eigenvalue weighted by molar-refractivity contribution is 6.39. The van der Waals surface area contributed by atoms with Crippen LogP contribution >= 0.6 is 0 Å². The summed E-state index contributed by atoms with van der Waals surface area (Å²) in [5, 5.41) is 0. The molecule has 10 atom stereocenters. The van der Waals surface area contributed by atoms with E-state index in [9.17, 15) is 47.9 Å². The maximum atomic E-state index is 14.8. The Labute approximate surface area is 596 Å². The topological polar surface area (TPSA) is 177 Å². The maximum Gasteiger partial charge on any atom is 0.227 e. The standard InChI is InChI=1S/2C41H67NO5/c2*1-10-11-15-28(36(46)33(45)22-27-16-17-27)23-32(44)35-34-31(40(34,8)9)26-42(35)37(47)30(39(5,6)7)24-29(43)25-41(18-13-12-14-19-41)21-20-38(2,3)4/h2*27-28,30-31,34-35H,10-26H2,1-9H3/t28-,30+,31-,34-,35+;28-,30-,31+,34+,35-/m01/s1/i2*1D3,10D2,11D2,15D2. The van der Waals surface area contributed by atoms with Crippen LogP contribution in [-0.2, 0) is 47.9 Å². The van der Waals surface area contributed by atoms with Crippen molar-refractivity contribution >= 4 is 58.1 Å². The third-order valence-corrected chi connectivity index (χ3v) is 23.9. The molecule has 0 aromatic rings. The van der Waals surface area contributed by atoms with Gasteiger partial charge in [-0.3, -0.25) is 47.9 Å². The zero-order valence-corrected chi connectivity index (χ0v) is 60.7. The second kappa shape index (κ2) is 30.8. The van der Waals surface area contributed by atoms with Gasteiger partial charge in [0.15, 0.2) is 23.1 Å². The van der Waals surface area contributed by atoms with Crippen LogP contribution in [-0.4, -0.2) is 93.1 Å². The first-order valence-corrected chi connectivity index (χ1v) is 36.3. The van der Waals surface area contributed by atoms with Crippen molar-refractivity contribution in [2.45, 2.75) is 342 Å². The number of carbonyl (C=O) groups is 10. The average molecular weight is 1330 g/mol. The quantitative estimate of drug-likeness (QED) is 0.0563. The highest BCUT2D eigenvalue weighted by atomic mass is 16.2. The number of rotatable bonds is 34. The number of piperidine rings is 2. The zero-order chi connectivity index (χ0) is 85.7. The van der Waals surface area contributed by atoms with Crippen LogP contribution in [0.15, 0.2) is 0 Å². The van der Waals surface area contributed by atoms with E-state index < -0.39 is 169 Å². The minimum absolute atomic E-state index is 0.000406. The predicted molar refractivity (Wildman–Crippen MR) is 375 cm³/mol. The number of amides is 2. The molecular weight excluding hydrogens is 1170 g/mol. The van der Waals surface area contributed by atoms with Crippen molar-refractivity contribution in [3.63, 3.8) is 0 Å². The Morgan fingerprint density at radius 3 is 1.10 bits per heavy atom. The number of likely N-dealkylation sites (tertiary alicyclic amines) is 2. The Balaban J connectivity index is 0.000000311. The van der Waals surface area contributed by atoms with Crippen molar-refractivity contribution in [2.24, 2.45) is 102 Å². The molecule has 0 bridgehead atoms. The molecule has 94 heavy (non-hydrogen) atoms. The first-order valence-electron chi connectivity index (χ1n) is 45.3. The Bertz CT molecular complexity index is 3290. The van der Waals surface area contributed by atoms with Gasteiger partial charge in [0, 0.05) is 113 Å². The molecule has 0 aromatic carbocycles. The largest absolute Gasteiger partial charge is 0.332 e. The molecule has 6 aliphatic carbocycles. The van der Waals surface area contributed by atoms with Gasteiger partial charge >= 0.3 is 0 Å². The van der Waals surface area contributed by atoms with E-state index >= 15 is 0 Å². The molecule has 8 aliphatic rings. The lowest BCUT2D eigenvalue weighted by atomic mass is 9.65. The number of carbonyl (C=O) groups excluding carboxylic acids is 10. The molecule has 0 radical (unpaired) electrons. The lowest BCUT2D eigenvalue weighted by Gasteiger charge is -2.40. The average Bonchev–Trinajstić information content (AvgIpc) is 1.53. The smallest absolute Gasteiger partial charge is 0.227 e. The van der Waals surface area contributed by atoms with E-state index in [4.69, 9.17) is 24.7 Å². The number of hydrogen-bond acceptors (Lipinski definition) is 10. The molecule has 2 aliphatic heterocycles. The van der Waals surface area contributed by atoms with Crippen LogP contribution in [0.25, 0.3) is 0 Å². The molecule has 0 spiro atoms. The van der Waals surface area contributed by atoms with Crippen LogP contribution in [0.2, 0.25) is 0 Å². The van der Waals surface area contributed by atoms with Gasteiger partial charge < -0.3 is 9.80 Å². The van der Waals surface area contributed by atoms with Gasteiger partial charge in [-0.25, -0.2) is 0 Å². The summed E-state index contributed by atoms with van der Waals surface area (Å²) < 4.78 is 148. The molecule has 6 saturated carbocycles.